The number of anilines is 2. The first kappa shape index (κ1) is 18.7. The summed E-state index contributed by atoms with van der Waals surface area (Å²) in [5, 5.41) is 21.0. The van der Waals surface area contributed by atoms with Gasteiger partial charge in [-0.15, -0.1) is 0 Å². The van der Waals surface area contributed by atoms with Crippen molar-refractivity contribution in [3.8, 4) is 5.75 Å². The molecule has 9 heteroatoms. The minimum absolute atomic E-state index is 0.281. The number of urea groups is 1. The number of hydroxylamine groups is 2. The van der Waals surface area contributed by atoms with Gasteiger partial charge in [0.25, 0.3) is 0 Å². The molecule has 9 nitrogen and oxygen atoms in total. The molecule has 0 aliphatic heterocycles. The molecule has 1 aromatic heterocycles. The summed E-state index contributed by atoms with van der Waals surface area (Å²) < 4.78 is 6.73. The predicted octanol–water partition coefficient (Wildman–Crippen LogP) is 1.39. The van der Waals surface area contributed by atoms with Crippen LogP contribution in [0.15, 0.2) is 36.7 Å². The standard InChI is InChI=1S/C16H23N5O4/c1-20(25-3)10-13(22)11-21-9-12(8-17-21)18-16(23)19-14-6-4-5-7-15(14)24-2/h4-9,13,22H,10-11H2,1-3H3,(H2,18,19,23)/t13-/m0/s1. The van der Waals surface area contributed by atoms with Crippen LogP contribution in [0.25, 0.3) is 0 Å². The number of carbonyl (C=O) groups excluding carboxylic acids is 1. The van der Waals surface area contributed by atoms with E-state index in [-0.39, 0.29) is 6.54 Å². The Morgan fingerprint density at radius 3 is 2.84 bits per heavy atom. The molecule has 1 heterocycles. The Hall–Kier alpha value is -2.62. The number of carbonyl (C=O) groups is 1. The van der Waals surface area contributed by atoms with Gasteiger partial charge in [-0.25, -0.2) is 4.79 Å². The van der Waals surface area contributed by atoms with E-state index in [0.717, 1.165) is 0 Å². The predicted molar refractivity (Wildman–Crippen MR) is 93.5 cm³/mol. The van der Waals surface area contributed by atoms with Crippen molar-refractivity contribution in [2.45, 2.75) is 12.6 Å². The molecule has 1 atom stereocenters. The molecular formula is C16H23N5O4. The number of amides is 2. The van der Waals surface area contributed by atoms with E-state index in [0.29, 0.717) is 23.7 Å². The van der Waals surface area contributed by atoms with Crippen LogP contribution in [-0.4, -0.2) is 59.9 Å². The van der Waals surface area contributed by atoms with Crippen molar-refractivity contribution in [3.63, 3.8) is 0 Å². The van der Waals surface area contributed by atoms with Crippen LogP contribution in [0, 0.1) is 0 Å². The average Bonchev–Trinajstić information content (AvgIpc) is 3.01. The Labute approximate surface area is 146 Å². The van der Waals surface area contributed by atoms with Gasteiger partial charge in [0.2, 0.25) is 0 Å². The maximum atomic E-state index is 12.1. The van der Waals surface area contributed by atoms with Gasteiger partial charge in [-0.1, -0.05) is 12.1 Å². The molecular weight excluding hydrogens is 326 g/mol. The van der Waals surface area contributed by atoms with Crippen LogP contribution in [-0.2, 0) is 11.4 Å². The monoisotopic (exact) mass is 349 g/mol. The van der Waals surface area contributed by atoms with E-state index in [2.05, 4.69) is 15.7 Å². The van der Waals surface area contributed by atoms with Crippen LogP contribution >= 0.6 is 0 Å². The molecule has 0 fully saturated rings. The molecule has 1 aromatic carbocycles. The molecule has 3 N–H and O–H groups in total. The number of aliphatic hydroxyl groups excluding tert-OH is 1. The molecule has 0 unspecified atom stereocenters. The van der Waals surface area contributed by atoms with Gasteiger partial charge in [0.05, 0.1) is 51.0 Å². The molecule has 2 aromatic rings. The van der Waals surface area contributed by atoms with E-state index < -0.39 is 12.1 Å². The van der Waals surface area contributed by atoms with Gasteiger partial charge in [0.15, 0.2) is 0 Å². The van der Waals surface area contributed by atoms with Crippen LogP contribution in [0.3, 0.4) is 0 Å². The smallest absolute Gasteiger partial charge is 0.323 e. The van der Waals surface area contributed by atoms with Crippen LogP contribution in [0.4, 0.5) is 16.2 Å². The van der Waals surface area contributed by atoms with Crippen molar-refractivity contribution in [2.24, 2.45) is 0 Å². The highest BCUT2D eigenvalue weighted by atomic mass is 16.7. The highest BCUT2D eigenvalue weighted by Crippen LogP contribution is 2.23. The Bertz CT molecular complexity index is 691. The van der Waals surface area contributed by atoms with Crippen molar-refractivity contribution in [3.05, 3.63) is 36.7 Å². The quantitative estimate of drug-likeness (QED) is 0.623. The lowest BCUT2D eigenvalue weighted by Gasteiger charge is -2.17. The molecule has 2 rings (SSSR count). The van der Waals surface area contributed by atoms with Crippen LogP contribution < -0.4 is 15.4 Å². The summed E-state index contributed by atoms with van der Waals surface area (Å²) in [6.07, 6.45) is 2.49. The van der Waals surface area contributed by atoms with Crippen molar-refractivity contribution in [1.82, 2.24) is 14.8 Å². The largest absolute Gasteiger partial charge is 0.495 e. The van der Waals surface area contributed by atoms with E-state index in [1.807, 2.05) is 6.07 Å². The SMILES string of the molecule is COc1ccccc1NC(=O)Nc1cnn(C[C@@H](O)CN(C)OC)c1. The number of rotatable bonds is 8. The fourth-order valence-corrected chi connectivity index (χ4v) is 2.21. The number of likely N-dealkylation sites (N-methyl/N-ethyl adjacent to an activating group) is 1. The second-order valence-electron chi connectivity index (χ2n) is 5.38. The third-order valence-electron chi connectivity index (χ3n) is 3.42. The van der Waals surface area contributed by atoms with Crippen LogP contribution in [0.2, 0.25) is 0 Å². The maximum absolute atomic E-state index is 12.1. The van der Waals surface area contributed by atoms with E-state index >= 15 is 0 Å². The molecule has 0 saturated heterocycles. The van der Waals surface area contributed by atoms with E-state index in [4.69, 9.17) is 9.57 Å². The number of aromatic nitrogens is 2. The number of hydrogen-bond acceptors (Lipinski definition) is 6. The molecule has 25 heavy (non-hydrogen) atoms. The number of methoxy groups -OCH3 is 1. The summed E-state index contributed by atoms with van der Waals surface area (Å²) in [6, 6.07) is 6.70. The summed E-state index contributed by atoms with van der Waals surface area (Å²) in [4.78, 5) is 17.0. The average molecular weight is 349 g/mol. The zero-order chi connectivity index (χ0) is 18.2. The number of ether oxygens (including phenoxy) is 1. The summed E-state index contributed by atoms with van der Waals surface area (Å²) in [5.74, 6) is 0.568. The zero-order valence-corrected chi connectivity index (χ0v) is 14.5. The topological polar surface area (TPSA) is 101 Å². The number of aliphatic hydroxyl groups is 1. The minimum Gasteiger partial charge on any atom is -0.495 e. The van der Waals surface area contributed by atoms with Crippen LogP contribution in [0.5, 0.6) is 5.75 Å². The molecule has 0 radical (unpaired) electrons. The van der Waals surface area contributed by atoms with Gasteiger partial charge in [0, 0.05) is 13.2 Å². The third kappa shape index (κ3) is 5.75. The number of nitrogens with one attached hydrogen (secondary N) is 2. The molecule has 136 valence electrons. The Balaban J connectivity index is 1.89. The zero-order valence-electron chi connectivity index (χ0n) is 14.5. The molecule has 2 amide bonds. The third-order valence-corrected chi connectivity index (χ3v) is 3.42. The lowest BCUT2D eigenvalue weighted by molar-refractivity contribution is -0.129. The van der Waals surface area contributed by atoms with Crippen molar-refractivity contribution >= 4 is 17.4 Å². The molecule has 0 aliphatic rings. The Morgan fingerprint density at radius 2 is 2.12 bits per heavy atom. The molecule has 0 aliphatic carbocycles. The summed E-state index contributed by atoms with van der Waals surface area (Å²) in [6.45, 7) is 0.622. The summed E-state index contributed by atoms with van der Waals surface area (Å²) >= 11 is 0. The van der Waals surface area contributed by atoms with Crippen molar-refractivity contribution in [2.75, 3.05) is 38.4 Å². The highest BCUT2D eigenvalue weighted by molar-refractivity contribution is 6.00. The lowest BCUT2D eigenvalue weighted by atomic mass is 10.3. The number of para-hydroxylation sites is 2. The lowest BCUT2D eigenvalue weighted by Crippen LogP contribution is -2.31. The van der Waals surface area contributed by atoms with Gasteiger partial charge in [-0.05, 0) is 12.1 Å². The minimum atomic E-state index is -0.653. The van der Waals surface area contributed by atoms with Gasteiger partial charge in [-0.2, -0.15) is 10.2 Å². The second-order valence-corrected chi connectivity index (χ2v) is 5.38. The Kier molecular flexibility index (Phi) is 6.75. The second kappa shape index (κ2) is 9.02. The van der Waals surface area contributed by atoms with Gasteiger partial charge in [-0.3, -0.25) is 4.68 Å². The molecule has 0 bridgehead atoms. The fourth-order valence-electron chi connectivity index (χ4n) is 2.21. The first-order valence-electron chi connectivity index (χ1n) is 7.68. The maximum Gasteiger partial charge on any atom is 0.323 e. The first-order valence-corrected chi connectivity index (χ1v) is 7.68. The molecule has 0 spiro atoms. The van der Waals surface area contributed by atoms with E-state index in [9.17, 15) is 9.90 Å². The normalized spacial score (nSPS) is 12.0. The van der Waals surface area contributed by atoms with Crippen LogP contribution in [0.1, 0.15) is 0 Å². The number of nitrogens with zero attached hydrogens (tertiary/aromatic N) is 3. The van der Waals surface area contributed by atoms with Gasteiger partial charge in [0.1, 0.15) is 5.75 Å². The fraction of sp³-hybridized carbons (Fsp3) is 0.375. The summed E-state index contributed by atoms with van der Waals surface area (Å²) in [7, 11) is 4.79. The Morgan fingerprint density at radius 1 is 1.36 bits per heavy atom. The number of hydrogen-bond donors (Lipinski definition) is 3. The first-order chi connectivity index (χ1) is 12.0. The van der Waals surface area contributed by atoms with Crippen molar-refractivity contribution < 1.29 is 19.5 Å². The number of benzene rings is 1. The van der Waals surface area contributed by atoms with Gasteiger partial charge < -0.3 is 25.3 Å². The van der Waals surface area contributed by atoms with Gasteiger partial charge >= 0.3 is 6.03 Å². The van der Waals surface area contributed by atoms with Crippen molar-refractivity contribution in [1.29, 1.82) is 0 Å². The molecule has 0 saturated carbocycles. The summed E-state index contributed by atoms with van der Waals surface area (Å²) in [5.41, 5.74) is 1.08. The van der Waals surface area contributed by atoms with E-state index in [1.54, 1.807) is 36.1 Å². The highest BCUT2D eigenvalue weighted by Gasteiger charge is 2.11. The van der Waals surface area contributed by atoms with E-state index in [1.165, 1.54) is 25.5 Å².